The Morgan fingerprint density at radius 3 is 1.91 bits per heavy atom. The van der Waals surface area contributed by atoms with Gasteiger partial charge in [0, 0.05) is 22.3 Å². The molecular formula is C33H35N. The van der Waals surface area contributed by atoms with E-state index < -0.39 is 0 Å². The van der Waals surface area contributed by atoms with Gasteiger partial charge in [0.2, 0.25) is 0 Å². The Bertz CT molecular complexity index is 1370. The fourth-order valence-electron chi connectivity index (χ4n) is 5.65. The fourth-order valence-corrected chi connectivity index (χ4v) is 5.65. The molecule has 0 spiro atoms. The lowest BCUT2D eigenvalue weighted by Gasteiger charge is -2.40. The molecule has 1 heteroatoms. The highest BCUT2D eigenvalue weighted by Gasteiger charge is 2.37. The summed E-state index contributed by atoms with van der Waals surface area (Å²) in [6.45, 7) is 16.1. The molecule has 0 saturated heterocycles. The van der Waals surface area contributed by atoms with Crippen molar-refractivity contribution in [1.29, 1.82) is 0 Å². The van der Waals surface area contributed by atoms with Gasteiger partial charge in [0.05, 0.1) is 0 Å². The molecule has 1 aliphatic rings. The summed E-state index contributed by atoms with van der Waals surface area (Å²) in [4.78, 5) is 2.53. The van der Waals surface area contributed by atoms with Gasteiger partial charge in [-0.1, -0.05) is 74.5 Å². The van der Waals surface area contributed by atoms with Crippen molar-refractivity contribution in [2.45, 2.75) is 59.4 Å². The molecule has 0 aromatic heterocycles. The predicted molar refractivity (Wildman–Crippen MR) is 147 cm³/mol. The van der Waals surface area contributed by atoms with Crippen molar-refractivity contribution in [2.75, 3.05) is 4.90 Å². The van der Waals surface area contributed by atoms with Crippen molar-refractivity contribution in [3.05, 3.63) is 107 Å². The van der Waals surface area contributed by atoms with Crippen LogP contribution in [0.4, 0.5) is 11.4 Å². The summed E-state index contributed by atoms with van der Waals surface area (Å²) < 4.78 is 0. The Labute approximate surface area is 205 Å². The molecule has 0 radical (unpaired) electrons. The first-order chi connectivity index (χ1) is 16.1. The summed E-state index contributed by atoms with van der Waals surface area (Å²) in [5.74, 6) is 0. The zero-order valence-corrected chi connectivity index (χ0v) is 21.5. The third-order valence-electron chi connectivity index (χ3n) is 7.36. The quantitative estimate of drug-likeness (QED) is 0.304. The standard InChI is InChI=1S/C33H35N/c1-22-19-25(24-13-9-8-10-14-24)17-18-30(22)34(32(3,4)5)31-21-29-27(20-23(31)2)26-15-11-12-16-28(26)33(29,6)7/h8-21H,1-7H3. The normalized spacial score (nSPS) is 14.0. The predicted octanol–water partition coefficient (Wildman–Crippen LogP) is 9.21. The maximum Gasteiger partial charge on any atom is 0.0449 e. The van der Waals surface area contributed by atoms with Gasteiger partial charge in [-0.25, -0.2) is 0 Å². The van der Waals surface area contributed by atoms with E-state index in [0.717, 1.165) is 0 Å². The second kappa shape index (κ2) is 7.87. The second-order valence-corrected chi connectivity index (χ2v) is 11.2. The van der Waals surface area contributed by atoms with Gasteiger partial charge >= 0.3 is 0 Å². The van der Waals surface area contributed by atoms with E-state index in [4.69, 9.17) is 0 Å². The Morgan fingerprint density at radius 2 is 1.24 bits per heavy atom. The lowest BCUT2D eigenvalue weighted by molar-refractivity contribution is 0.557. The first-order valence-electron chi connectivity index (χ1n) is 12.3. The van der Waals surface area contributed by atoms with Crippen LogP contribution in [0, 0.1) is 13.8 Å². The second-order valence-electron chi connectivity index (χ2n) is 11.2. The molecule has 0 amide bonds. The molecule has 0 heterocycles. The molecular weight excluding hydrogens is 410 g/mol. The first kappa shape index (κ1) is 22.5. The molecule has 0 saturated carbocycles. The lowest BCUT2D eigenvalue weighted by Crippen LogP contribution is -2.38. The minimum atomic E-state index is -0.0758. The highest BCUT2D eigenvalue weighted by molar-refractivity contribution is 5.85. The molecule has 1 aliphatic carbocycles. The maximum absolute atomic E-state index is 2.53. The monoisotopic (exact) mass is 445 g/mol. The largest absolute Gasteiger partial charge is 0.336 e. The van der Waals surface area contributed by atoms with E-state index in [1.165, 1.54) is 55.9 Å². The molecule has 34 heavy (non-hydrogen) atoms. The molecule has 0 aliphatic heterocycles. The third kappa shape index (κ3) is 3.55. The van der Waals surface area contributed by atoms with Gasteiger partial charge in [-0.2, -0.15) is 0 Å². The van der Waals surface area contributed by atoms with Gasteiger partial charge in [-0.3, -0.25) is 0 Å². The molecule has 5 rings (SSSR count). The first-order valence-corrected chi connectivity index (χ1v) is 12.3. The lowest BCUT2D eigenvalue weighted by atomic mass is 9.82. The molecule has 0 fully saturated rings. The Morgan fingerprint density at radius 1 is 0.588 bits per heavy atom. The minimum absolute atomic E-state index is 0.00978. The Balaban J connectivity index is 1.67. The topological polar surface area (TPSA) is 3.24 Å². The molecule has 0 atom stereocenters. The zero-order chi connectivity index (χ0) is 24.3. The number of nitrogens with zero attached hydrogens (tertiary/aromatic N) is 1. The number of fused-ring (bicyclic) bond motifs is 3. The van der Waals surface area contributed by atoms with E-state index in [1.54, 1.807) is 0 Å². The van der Waals surface area contributed by atoms with E-state index in [0.29, 0.717) is 0 Å². The molecule has 4 aromatic rings. The molecule has 172 valence electrons. The smallest absolute Gasteiger partial charge is 0.0449 e. The summed E-state index contributed by atoms with van der Waals surface area (Å²) in [6, 6.07) is 31.3. The maximum atomic E-state index is 2.53. The van der Waals surface area contributed by atoms with Crippen molar-refractivity contribution >= 4 is 11.4 Å². The minimum Gasteiger partial charge on any atom is -0.336 e. The van der Waals surface area contributed by atoms with E-state index in [-0.39, 0.29) is 11.0 Å². The van der Waals surface area contributed by atoms with E-state index in [1.807, 2.05) is 0 Å². The van der Waals surface area contributed by atoms with Crippen LogP contribution in [0.15, 0.2) is 84.9 Å². The Hall–Kier alpha value is -3.32. The van der Waals surface area contributed by atoms with Crippen molar-refractivity contribution in [3.8, 4) is 22.3 Å². The van der Waals surface area contributed by atoms with Gasteiger partial charge in [0.1, 0.15) is 0 Å². The van der Waals surface area contributed by atoms with Gasteiger partial charge < -0.3 is 4.90 Å². The van der Waals surface area contributed by atoms with Crippen molar-refractivity contribution in [2.24, 2.45) is 0 Å². The fraction of sp³-hybridized carbons (Fsp3) is 0.273. The van der Waals surface area contributed by atoms with Crippen molar-refractivity contribution < 1.29 is 0 Å². The van der Waals surface area contributed by atoms with Gasteiger partial charge in [-0.05, 0) is 103 Å². The summed E-state index contributed by atoms with van der Waals surface area (Å²) in [5, 5.41) is 0. The van der Waals surface area contributed by atoms with Crippen molar-refractivity contribution in [1.82, 2.24) is 0 Å². The summed E-state index contributed by atoms with van der Waals surface area (Å²) in [5.41, 5.74) is 13.2. The van der Waals surface area contributed by atoms with Crippen LogP contribution in [0.2, 0.25) is 0 Å². The Kier molecular flexibility index (Phi) is 5.20. The number of rotatable bonds is 3. The highest BCUT2D eigenvalue weighted by atomic mass is 15.2. The molecule has 1 nitrogen and oxygen atoms in total. The van der Waals surface area contributed by atoms with E-state index in [9.17, 15) is 0 Å². The van der Waals surface area contributed by atoms with E-state index in [2.05, 4.69) is 138 Å². The highest BCUT2D eigenvalue weighted by Crippen LogP contribution is 2.51. The van der Waals surface area contributed by atoms with Gasteiger partial charge in [0.15, 0.2) is 0 Å². The summed E-state index contributed by atoms with van der Waals surface area (Å²) >= 11 is 0. The van der Waals surface area contributed by atoms with Crippen LogP contribution >= 0.6 is 0 Å². The SMILES string of the molecule is Cc1cc(-c2ccccc2)ccc1N(c1cc2c(cc1C)-c1ccccc1C2(C)C)C(C)(C)C. The number of anilines is 2. The summed E-state index contributed by atoms with van der Waals surface area (Å²) in [7, 11) is 0. The zero-order valence-electron chi connectivity index (χ0n) is 21.5. The molecule has 0 unspecified atom stereocenters. The van der Waals surface area contributed by atoms with Crippen LogP contribution in [0.25, 0.3) is 22.3 Å². The van der Waals surface area contributed by atoms with Crippen LogP contribution in [-0.2, 0) is 5.41 Å². The number of benzene rings is 4. The average Bonchev–Trinajstić information content (AvgIpc) is 3.01. The van der Waals surface area contributed by atoms with Crippen LogP contribution < -0.4 is 4.90 Å². The van der Waals surface area contributed by atoms with Crippen molar-refractivity contribution in [3.63, 3.8) is 0 Å². The van der Waals surface area contributed by atoms with E-state index >= 15 is 0 Å². The van der Waals surface area contributed by atoms with Crippen LogP contribution in [-0.4, -0.2) is 5.54 Å². The molecule has 0 N–H and O–H groups in total. The number of hydrogen-bond donors (Lipinski definition) is 0. The number of hydrogen-bond acceptors (Lipinski definition) is 1. The average molecular weight is 446 g/mol. The third-order valence-corrected chi connectivity index (χ3v) is 7.36. The van der Waals surface area contributed by atoms with Gasteiger partial charge in [0.25, 0.3) is 0 Å². The molecule has 4 aromatic carbocycles. The van der Waals surface area contributed by atoms with Gasteiger partial charge in [-0.15, -0.1) is 0 Å². The molecule has 0 bridgehead atoms. The summed E-state index contributed by atoms with van der Waals surface area (Å²) in [6.07, 6.45) is 0. The van der Waals surface area contributed by atoms with Crippen LogP contribution in [0.3, 0.4) is 0 Å². The number of aryl methyl sites for hydroxylation is 2. The van der Waals surface area contributed by atoms with Crippen LogP contribution in [0.5, 0.6) is 0 Å². The van der Waals surface area contributed by atoms with Crippen LogP contribution in [0.1, 0.15) is 56.9 Å².